The van der Waals surface area contributed by atoms with E-state index in [0.717, 1.165) is 6.42 Å². The minimum Gasteiger partial charge on any atom is -0.465 e. The molecule has 1 aromatic rings. The second-order valence-corrected chi connectivity index (χ2v) is 4.67. The monoisotopic (exact) mass is 292 g/mol. The van der Waals surface area contributed by atoms with Crippen LogP contribution in [0.5, 0.6) is 0 Å². The second kappa shape index (κ2) is 8.04. The van der Waals surface area contributed by atoms with E-state index in [0.29, 0.717) is 11.3 Å². The van der Waals surface area contributed by atoms with Gasteiger partial charge in [-0.15, -0.1) is 0 Å². The number of rotatable bonds is 6. The van der Waals surface area contributed by atoms with Gasteiger partial charge in [0.2, 0.25) is 11.8 Å². The molecule has 1 unspecified atom stereocenters. The van der Waals surface area contributed by atoms with Crippen molar-refractivity contribution >= 4 is 23.5 Å². The number of hydrogen-bond acceptors (Lipinski definition) is 4. The Morgan fingerprint density at radius 3 is 2.29 bits per heavy atom. The minimum absolute atomic E-state index is 0.0460. The van der Waals surface area contributed by atoms with Gasteiger partial charge >= 0.3 is 5.97 Å². The molecule has 21 heavy (non-hydrogen) atoms. The summed E-state index contributed by atoms with van der Waals surface area (Å²) < 4.78 is 4.58. The fourth-order valence-corrected chi connectivity index (χ4v) is 1.59. The zero-order chi connectivity index (χ0) is 15.8. The standard InChI is InChI=1S/C15H20N2O4/c1-4-10(2)16-13(18)9-14(19)17-12-7-5-11(6-8-12)15(20)21-3/h5-8,10H,4,9H2,1-3H3,(H,16,18)(H,17,19). The van der Waals surface area contributed by atoms with Gasteiger partial charge in [-0.25, -0.2) is 4.79 Å². The Morgan fingerprint density at radius 1 is 1.14 bits per heavy atom. The van der Waals surface area contributed by atoms with Crippen LogP contribution in [0.2, 0.25) is 0 Å². The molecule has 1 rings (SSSR count). The zero-order valence-corrected chi connectivity index (χ0v) is 12.4. The smallest absolute Gasteiger partial charge is 0.337 e. The maximum absolute atomic E-state index is 11.7. The number of benzene rings is 1. The number of carbonyl (C=O) groups is 3. The van der Waals surface area contributed by atoms with Gasteiger partial charge in [0.15, 0.2) is 0 Å². The average Bonchev–Trinajstić information content (AvgIpc) is 2.46. The predicted molar refractivity (Wildman–Crippen MR) is 78.9 cm³/mol. The highest BCUT2D eigenvalue weighted by Gasteiger charge is 2.12. The number of hydrogen-bond donors (Lipinski definition) is 2. The Balaban J connectivity index is 2.51. The van der Waals surface area contributed by atoms with Gasteiger partial charge in [-0.05, 0) is 37.6 Å². The minimum atomic E-state index is -0.444. The number of anilines is 1. The number of methoxy groups -OCH3 is 1. The van der Waals surface area contributed by atoms with E-state index in [2.05, 4.69) is 15.4 Å². The molecule has 0 aromatic heterocycles. The lowest BCUT2D eigenvalue weighted by atomic mass is 10.2. The second-order valence-electron chi connectivity index (χ2n) is 4.67. The summed E-state index contributed by atoms with van der Waals surface area (Å²) in [6.45, 7) is 3.83. The molecule has 0 heterocycles. The molecule has 0 bridgehead atoms. The van der Waals surface area contributed by atoms with Crippen LogP contribution in [-0.4, -0.2) is 30.9 Å². The van der Waals surface area contributed by atoms with Crippen molar-refractivity contribution in [2.24, 2.45) is 0 Å². The number of nitrogens with one attached hydrogen (secondary N) is 2. The molecule has 0 saturated heterocycles. The number of esters is 1. The lowest BCUT2D eigenvalue weighted by Crippen LogP contribution is -2.34. The highest BCUT2D eigenvalue weighted by atomic mass is 16.5. The van der Waals surface area contributed by atoms with Crippen LogP contribution in [-0.2, 0) is 14.3 Å². The summed E-state index contributed by atoms with van der Waals surface area (Å²) >= 11 is 0. The number of amides is 2. The Labute approximate surface area is 123 Å². The molecule has 0 fully saturated rings. The first-order valence-corrected chi connectivity index (χ1v) is 6.73. The normalized spacial score (nSPS) is 11.4. The van der Waals surface area contributed by atoms with Crippen molar-refractivity contribution in [1.82, 2.24) is 5.32 Å². The van der Waals surface area contributed by atoms with Crippen LogP contribution in [0.4, 0.5) is 5.69 Å². The summed E-state index contributed by atoms with van der Waals surface area (Å²) in [6.07, 6.45) is 0.575. The summed E-state index contributed by atoms with van der Waals surface area (Å²) in [6, 6.07) is 6.29. The summed E-state index contributed by atoms with van der Waals surface area (Å²) in [5.74, 6) is -1.16. The van der Waals surface area contributed by atoms with E-state index in [1.807, 2.05) is 13.8 Å². The van der Waals surface area contributed by atoms with E-state index < -0.39 is 11.9 Å². The van der Waals surface area contributed by atoms with Gasteiger partial charge in [-0.3, -0.25) is 9.59 Å². The quantitative estimate of drug-likeness (QED) is 0.617. The molecule has 0 saturated carbocycles. The third-order valence-electron chi connectivity index (χ3n) is 2.93. The van der Waals surface area contributed by atoms with E-state index in [1.54, 1.807) is 24.3 Å². The Bertz CT molecular complexity index is 511. The highest BCUT2D eigenvalue weighted by Crippen LogP contribution is 2.10. The first-order valence-electron chi connectivity index (χ1n) is 6.73. The van der Waals surface area contributed by atoms with Crippen LogP contribution in [0.25, 0.3) is 0 Å². The van der Waals surface area contributed by atoms with Crippen molar-refractivity contribution < 1.29 is 19.1 Å². The first-order chi connectivity index (χ1) is 9.96. The molecule has 6 heteroatoms. The van der Waals surface area contributed by atoms with Crippen LogP contribution in [0, 0.1) is 0 Å². The van der Waals surface area contributed by atoms with Gasteiger partial charge in [-0.2, -0.15) is 0 Å². The van der Waals surface area contributed by atoms with Crippen molar-refractivity contribution in [3.05, 3.63) is 29.8 Å². The van der Waals surface area contributed by atoms with Crippen molar-refractivity contribution in [2.45, 2.75) is 32.7 Å². The third kappa shape index (κ3) is 5.64. The van der Waals surface area contributed by atoms with Gasteiger partial charge < -0.3 is 15.4 Å². The molecular formula is C15H20N2O4. The van der Waals surface area contributed by atoms with E-state index >= 15 is 0 Å². The van der Waals surface area contributed by atoms with Crippen LogP contribution in [0.3, 0.4) is 0 Å². The molecule has 0 aliphatic rings. The lowest BCUT2D eigenvalue weighted by Gasteiger charge is -2.11. The number of ether oxygens (including phenoxy) is 1. The van der Waals surface area contributed by atoms with E-state index in [-0.39, 0.29) is 18.4 Å². The van der Waals surface area contributed by atoms with Gasteiger partial charge in [0.1, 0.15) is 6.42 Å². The highest BCUT2D eigenvalue weighted by molar-refractivity contribution is 6.03. The largest absolute Gasteiger partial charge is 0.465 e. The summed E-state index contributed by atoms with van der Waals surface area (Å²) in [5, 5.41) is 5.31. The van der Waals surface area contributed by atoms with Crippen molar-refractivity contribution in [3.63, 3.8) is 0 Å². The molecule has 0 aliphatic heterocycles. The van der Waals surface area contributed by atoms with Crippen LogP contribution in [0.15, 0.2) is 24.3 Å². The summed E-state index contributed by atoms with van der Waals surface area (Å²) in [7, 11) is 1.30. The summed E-state index contributed by atoms with van der Waals surface area (Å²) in [5.41, 5.74) is 0.911. The maximum atomic E-state index is 11.7. The van der Waals surface area contributed by atoms with E-state index in [1.165, 1.54) is 7.11 Å². The first kappa shape index (κ1) is 16.7. The fraction of sp³-hybridized carbons (Fsp3) is 0.400. The topological polar surface area (TPSA) is 84.5 Å². The van der Waals surface area contributed by atoms with Gasteiger partial charge in [0.25, 0.3) is 0 Å². The van der Waals surface area contributed by atoms with Gasteiger partial charge in [0, 0.05) is 11.7 Å². The molecule has 0 radical (unpaired) electrons. The lowest BCUT2D eigenvalue weighted by molar-refractivity contribution is -0.127. The van der Waals surface area contributed by atoms with Gasteiger partial charge in [-0.1, -0.05) is 6.92 Å². The van der Waals surface area contributed by atoms with Crippen molar-refractivity contribution in [2.75, 3.05) is 12.4 Å². The SMILES string of the molecule is CCC(C)NC(=O)CC(=O)Nc1ccc(C(=O)OC)cc1. The van der Waals surface area contributed by atoms with Crippen LogP contribution in [0.1, 0.15) is 37.0 Å². The van der Waals surface area contributed by atoms with Crippen molar-refractivity contribution in [3.8, 4) is 0 Å². The van der Waals surface area contributed by atoms with Gasteiger partial charge in [0.05, 0.1) is 12.7 Å². The van der Waals surface area contributed by atoms with E-state index in [4.69, 9.17) is 0 Å². The third-order valence-corrected chi connectivity index (χ3v) is 2.93. The molecule has 1 aromatic carbocycles. The van der Waals surface area contributed by atoms with Crippen molar-refractivity contribution in [1.29, 1.82) is 0 Å². The number of carbonyl (C=O) groups excluding carboxylic acids is 3. The van der Waals surface area contributed by atoms with Crippen LogP contribution < -0.4 is 10.6 Å². The predicted octanol–water partition coefficient (Wildman–Crippen LogP) is 1.72. The summed E-state index contributed by atoms with van der Waals surface area (Å²) in [4.78, 5) is 34.5. The molecule has 1 atom stereocenters. The van der Waals surface area contributed by atoms with Crippen LogP contribution >= 0.6 is 0 Å². The molecule has 114 valence electrons. The molecule has 0 spiro atoms. The Kier molecular flexibility index (Phi) is 6.39. The molecule has 0 aliphatic carbocycles. The van der Waals surface area contributed by atoms with E-state index in [9.17, 15) is 14.4 Å². The molecule has 2 N–H and O–H groups in total. The fourth-order valence-electron chi connectivity index (χ4n) is 1.59. The molecular weight excluding hydrogens is 272 g/mol. The molecule has 2 amide bonds. The maximum Gasteiger partial charge on any atom is 0.337 e. The average molecular weight is 292 g/mol. The Hall–Kier alpha value is -2.37. The zero-order valence-electron chi connectivity index (χ0n) is 12.4. The Morgan fingerprint density at radius 2 is 1.76 bits per heavy atom. The molecule has 6 nitrogen and oxygen atoms in total.